The van der Waals surface area contributed by atoms with Gasteiger partial charge in [-0.3, -0.25) is 0 Å². The van der Waals surface area contributed by atoms with Crippen molar-refractivity contribution >= 4 is 72.4 Å². The summed E-state index contributed by atoms with van der Waals surface area (Å²) in [6.07, 6.45) is 0. The fraction of sp³-hybridized carbons (Fsp3) is 0.0732. The number of anilines is 3. The fourth-order valence-electron chi connectivity index (χ4n) is 6.56. The van der Waals surface area contributed by atoms with Gasteiger partial charge in [0.15, 0.2) is 0 Å². The molecule has 0 saturated carbocycles. The quantitative estimate of drug-likeness (QED) is 0.137. The predicted octanol–water partition coefficient (Wildman–Crippen LogP) is 11.2. The van der Waals surface area contributed by atoms with Gasteiger partial charge in [-0.2, -0.15) is 0 Å². The molecule has 2 heteroatoms. The van der Waals surface area contributed by atoms with Gasteiger partial charge in [-0.05, 0) is 0 Å². The van der Waals surface area contributed by atoms with E-state index in [1.54, 1.807) is 0 Å². The van der Waals surface area contributed by atoms with Gasteiger partial charge in [0.2, 0.25) is 0 Å². The number of rotatable bonds is 5. The van der Waals surface area contributed by atoms with Crippen LogP contribution in [0.1, 0.15) is 25.0 Å². The zero-order chi connectivity index (χ0) is 29.0. The van der Waals surface area contributed by atoms with Gasteiger partial charge in [-0.25, -0.2) is 0 Å². The van der Waals surface area contributed by atoms with Gasteiger partial charge in [0, 0.05) is 0 Å². The normalized spacial score (nSPS) is 12.0. The molecule has 0 spiro atoms. The first-order chi connectivity index (χ1) is 21.1. The van der Waals surface area contributed by atoms with Crippen LogP contribution in [-0.4, -0.2) is 14.5 Å². The number of nitrogens with zero attached hydrogens (tertiary/aromatic N) is 1. The summed E-state index contributed by atoms with van der Waals surface area (Å²) in [4.78, 5) is 2.47. The fourth-order valence-corrected chi connectivity index (χ4v) is 9.45. The summed E-state index contributed by atoms with van der Waals surface area (Å²) in [6.45, 7) is 4.65. The molecule has 0 saturated heterocycles. The molecule has 0 fully saturated rings. The maximum absolute atomic E-state index is 2.47. The van der Waals surface area contributed by atoms with Crippen LogP contribution < -0.4 is 4.90 Å². The van der Waals surface area contributed by atoms with Crippen molar-refractivity contribution in [3.05, 3.63) is 163 Å². The summed E-state index contributed by atoms with van der Waals surface area (Å²) in [5.74, 6) is 0. The molecular formula is C41H31NSe. The molecule has 0 N–H and O–H groups in total. The van der Waals surface area contributed by atoms with E-state index in [0.29, 0.717) is 0 Å². The van der Waals surface area contributed by atoms with Crippen LogP contribution in [-0.2, 0) is 5.41 Å². The van der Waals surface area contributed by atoms with Gasteiger partial charge in [0.05, 0.1) is 0 Å². The first-order valence-corrected chi connectivity index (χ1v) is 16.6. The SMILES string of the molecule is CC(C)(c1ccccc1)c1cccc(N(c2ccccc2)c2cccc3c2[se]c2c3ccc3ccc4ccccc4c32)c1. The van der Waals surface area contributed by atoms with Gasteiger partial charge in [-0.1, -0.05) is 0 Å². The molecule has 1 nitrogen and oxygen atoms in total. The van der Waals surface area contributed by atoms with E-state index in [9.17, 15) is 0 Å². The Kier molecular flexibility index (Phi) is 6.22. The van der Waals surface area contributed by atoms with Gasteiger partial charge < -0.3 is 0 Å². The van der Waals surface area contributed by atoms with E-state index < -0.39 is 0 Å². The zero-order valence-corrected chi connectivity index (χ0v) is 26.0. The van der Waals surface area contributed by atoms with Crippen molar-refractivity contribution in [2.24, 2.45) is 0 Å². The number of benzene rings is 7. The monoisotopic (exact) mass is 617 g/mol. The van der Waals surface area contributed by atoms with Crippen LogP contribution in [0.4, 0.5) is 17.1 Å². The van der Waals surface area contributed by atoms with E-state index in [-0.39, 0.29) is 19.9 Å². The zero-order valence-electron chi connectivity index (χ0n) is 24.3. The van der Waals surface area contributed by atoms with E-state index in [4.69, 9.17) is 0 Å². The first-order valence-electron chi connectivity index (χ1n) is 14.9. The topological polar surface area (TPSA) is 3.24 Å². The van der Waals surface area contributed by atoms with Gasteiger partial charge >= 0.3 is 259 Å². The Balaban J connectivity index is 1.38. The Labute approximate surface area is 258 Å². The molecule has 0 unspecified atom stereocenters. The van der Waals surface area contributed by atoms with Crippen LogP contribution in [0.3, 0.4) is 0 Å². The Morgan fingerprint density at radius 3 is 1.91 bits per heavy atom. The molecule has 43 heavy (non-hydrogen) atoms. The Morgan fingerprint density at radius 2 is 1.07 bits per heavy atom. The van der Waals surface area contributed by atoms with Crippen molar-refractivity contribution < 1.29 is 0 Å². The van der Waals surface area contributed by atoms with Crippen molar-refractivity contribution in [3.8, 4) is 0 Å². The van der Waals surface area contributed by atoms with Crippen LogP contribution >= 0.6 is 0 Å². The number of hydrogen-bond acceptors (Lipinski definition) is 1. The Bertz CT molecular complexity index is 2260. The average Bonchev–Trinajstić information content (AvgIpc) is 3.45. The van der Waals surface area contributed by atoms with Crippen LogP contribution in [0.2, 0.25) is 0 Å². The summed E-state index contributed by atoms with van der Waals surface area (Å²) in [7, 11) is 0. The molecule has 0 aliphatic rings. The van der Waals surface area contributed by atoms with Gasteiger partial charge in [-0.15, -0.1) is 0 Å². The molecule has 0 radical (unpaired) electrons. The standard InChI is InChI=1S/C41H31NSe/c1-41(2,30-14-5-3-6-15-30)31-16-11-19-33(27-31)42(32-17-7-4-8-18-32)37-22-12-21-35-36-26-25-29-24-23-28-13-9-10-20-34(28)38(29)40(36)43-39(35)37/h3-27H,1-2H3. The third kappa shape index (κ3) is 4.29. The van der Waals surface area contributed by atoms with E-state index >= 15 is 0 Å². The number of hydrogen-bond donors (Lipinski definition) is 0. The summed E-state index contributed by atoms with van der Waals surface area (Å²) in [5, 5.41) is 8.14. The van der Waals surface area contributed by atoms with Crippen molar-refractivity contribution in [1.82, 2.24) is 0 Å². The number of para-hydroxylation sites is 1. The van der Waals surface area contributed by atoms with E-state index in [1.165, 1.54) is 69.0 Å². The summed E-state index contributed by atoms with van der Waals surface area (Å²) in [6, 6.07) is 55.7. The third-order valence-corrected chi connectivity index (χ3v) is 11.6. The molecule has 0 aliphatic heterocycles. The second kappa shape index (κ2) is 10.3. The summed E-state index contributed by atoms with van der Waals surface area (Å²) in [5.41, 5.74) is 6.12. The summed E-state index contributed by atoms with van der Waals surface area (Å²) >= 11 is 0.152. The molecule has 8 rings (SSSR count). The van der Waals surface area contributed by atoms with Crippen LogP contribution in [0, 0.1) is 0 Å². The second-order valence-corrected chi connectivity index (χ2v) is 13.9. The maximum atomic E-state index is 2.47. The molecule has 1 heterocycles. The minimum absolute atomic E-state index is 0.127. The van der Waals surface area contributed by atoms with Crippen molar-refractivity contribution in [1.29, 1.82) is 0 Å². The van der Waals surface area contributed by atoms with E-state index in [2.05, 4.69) is 170 Å². The molecule has 0 bridgehead atoms. The Hall–Kier alpha value is -4.62. The molecule has 206 valence electrons. The molecule has 0 amide bonds. The van der Waals surface area contributed by atoms with Gasteiger partial charge in [0.25, 0.3) is 0 Å². The molecule has 8 aromatic rings. The predicted molar refractivity (Wildman–Crippen MR) is 187 cm³/mol. The second-order valence-electron chi connectivity index (χ2n) is 11.8. The van der Waals surface area contributed by atoms with E-state index in [0.717, 1.165) is 0 Å². The third-order valence-electron chi connectivity index (χ3n) is 8.93. The summed E-state index contributed by atoms with van der Waals surface area (Å²) < 4.78 is 2.94. The molecule has 0 atom stereocenters. The van der Waals surface area contributed by atoms with E-state index in [1.807, 2.05) is 0 Å². The average molecular weight is 617 g/mol. The molecule has 1 aromatic heterocycles. The Morgan fingerprint density at radius 1 is 0.465 bits per heavy atom. The molecule has 7 aromatic carbocycles. The van der Waals surface area contributed by atoms with Crippen molar-refractivity contribution in [2.45, 2.75) is 19.3 Å². The molecular weight excluding hydrogens is 585 g/mol. The van der Waals surface area contributed by atoms with Crippen LogP contribution in [0.25, 0.3) is 40.8 Å². The minimum atomic E-state index is -0.127. The molecule has 0 aliphatic carbocycles. The van der Waals surface area contributed by atoms with Gasteiger partial charge in [0.1, 0.15) is 0 Å². The van der Waals surface area contributed by atoms with Crippen LogP contribution in [0.15, 0.2) is 152 Å². The first kappa shape index (κ1) is 26.0. The van der Waals surface area contributed by atoms with Crippen LogP contribution in [0.5, 0.6) is 0 Å². The number of fused-ring (bicyclic) bond motifs is 7. The van der Waals surface area contributed by atoms with Crippen molar-refractivity contribution in [3.63, 3.8) is 0 Å². The van der Waals surface area contributed by atoms with Crippen molar-refractivity contribution in [2.75, 3.05) is 4.90 Å².